The molecule has 0 amide bonds. The first-order valence-electron chi connectivity index (χ1n) is 6.35. The zero-order chi connectivity index (χ0) is 11.0. The summed E-state index contributed by atoms with van der Waals surface area (Å²) < 4.78 is 0. The van der Waals surface area contributed by atoms with Gasteiger partial charge in [0.1, 0.15) is 0 Å². The third-order valence-corrected chi connectivity index (χ3v) is 2.95. The third kappa shape index (κ3) is 7.37. The Bertz CT molecular complexity index is 120. The molecule has 0 aliphatic rings. The molecule has 86 valence electrons. The van der Waals surface area contributed by atoms with E-state index in [0.717, 1.165) is 11.8 Å². The fourth-order valence-electron chi connectivity index (χ4n) is 2.11. The maximum atomic E-state index is 6.12. The molecule has 0 fully saturated rings. The molecule has 1 heteroatoms. The third-order valence-electron chi connectivity index (χ3n) is 2.95. The highest BCUT2D eigenvalue weighted by Gasteiger charge is 2.12. The summed E-state index contributed by atoms with van der Waals surface area (Å²) in [5.41, 5.74) is 6.12. The quantitative estimate of drug-likeness (QED) is 0.629. The predicted octanol–water partition coefficient (Wildman–Crippen LogP) is 3.97. The fourth-order valence-corrected chi connectivity index (χ4v) is 2.11. The van der Waals surface area contributed by atoms with Gasteiger partial charge in [-0.25, -0.2) is 0 Å². The number of rotatable bonds is 8. The van der Waals surface area contributed by atoms with Crippen LogP contribution in [-0.2, 0) is 0 Å². The van der Waals surface area contributed by atoms with E-state index in [0.29, 0.717) is 6.04 Å². The van der Waals surface area contributed by atoms with Gasteiger partial charge in [-0.05, 0) is 24.7 Å². The first-order chi connectivity index (χ1) is 6.60. The minimum absolute atomic E-state index is 0.428. The number of hydrogen-bond acceptors (Lipinski definition) is 1. The van der Waals surface area contributed by atoms with Crippen LogP contribution in [0.15, 0.2) is 0 Å². The van der Waals surface area contributed by atoms with E-state index in [2.05, 4.69) is 27.7 Å². The van der Waals surface area contributed by atoms with Crippen molar-refractivity contribution in [1.82, 2.24) is 0 Å². The van der Waals surface area contributed by atoms with E-state index in [1.165, 1.54) is 38.5 Å². The molecule has 0 aliphatic carbocycles. The summed E-state index contributed by atoms with van der Waals surface area (Å²) in [7, 11) is 0. The van der Waals surface area contributed by atoms with Gasteiger partial charge in [-0.2, -0.15) is 0 Å². The largest absolute Gasteiger partial charge is 0.328 e. The molecule has 0 heterocycles. The highest BCUT2D eigenvalue weighted by atomic mass is 14.6. The fraction of sp³-hybridized carbons (Fsp3) is 1.00. The summed E-state index contributed by atoms with van der Waals surface area (Å²) >= 11 is 0. The minimum atomic E-state index is 0.428. The Balaban J connectivity index is 3.68. The molecular formula is C13H29N. The van der Waals surface area contributed by atoms with E-state index >= 15 is 0 Å². The molecule has 0 spiro atoms. The average molecular weight is 199 g/mol. The average Bonchev–Trinajstić information content (AvgIpc) is 2.10. The first kappa shape index (κ1) is 14.0. The van der Waals surface area contributed by atoms with Gasteiger partial charge in [0.15, 0.2) is 0 Å². The standard InChI is InChI=1S/C13H29N/c1-5-7-8-12(6-2)10-13(14)9-11(3)4/h11-13H,5-10,14H2,1-4H3. The Morgan fingerprint density at radius 3 is 2.14 bits per heavy atom. The van der Waals surface area contributed by atoms with Crippen molar-refractivity contribution in [3.8, 4) is 0 Å². The van der Waals surface area contributed by atoms with Gasteiger partial charge in [0.2, 0.25) is 0 Å². The minimum Gasteiger partial charge on any atom is -0.328 e. The van der Waals surface area contributed by atoms with Crippen LogP contribution in [0.1, 0.15) is 66.2 Å². The lowest BCUT2D eigenvalue weighted by Crippen LogP contribution is -2.25. The number of nitrogens with two attached hydrogens (primary N) is 1. The Hall–Kier alpha value is -0.0400. The molecule has 0 aromatic carbocycles. The molecule has 0 saturated heterocycles. The molecule has 0 saturated carbocycles. The van der Waals surface area contributed by atoms with Gasteiger partial charge in [-0.1, -0.05) is 53.4 Å². The maximum Gasteiger partial charge on any atom is 0.00438 e. The van der Waals surface area contributed by atoms with E-state index in [1.54, 1.807) is 0 Å². The van der Waals surface area contributed by atoms with Crippen LogP contribution in [0, 0.1) is 11.8 Å². The van der Waals surface area contributed by atoms with Crippen molar-refractivity contribution in [1.29, 1.82) is 0 Å². The summed E-state index contributed by atoms with van der Waals surface area (Å²) in [4.78, 5) is 0. The van der Waals surface area contributed by atoms with Crippen LogP contribution >= 0.6 is 0 Å². The van der Waals surface area contributed by atoms with Crippen LogP contribution in [-0.4, -0.2) is 6.04 Å². The van der Waals surface area contributed by atoms with Crippen LogP contribution in [0.5, 0.6) is 0 Å². The molecule has 14 heavy (non-hydrogen) atoms. The van der Waals surface area contributed by atoms with E-state index in [4.69, 9.17) is 5.73 Å². The highest BCUT2D eigenvalue weighted by Crippen LogP contribution is 2.20. The smallest absolute Gasteiger partial charge is 0.00438 e. The first-order valence-corrected chi connectivity index (χ1v) is 6.35. The summed E-state index contributed by atoms with van der Waals surface area (Å²) in [6, 6.07) is 0.428. The summed E-state index contributed by atoms with van der Waals surface area (Å²) in [5, 5.41) is 0. The van der Waals surface area contributed by atoms with Crippen molar-refractivity contribution in [3.63, 3.8) is 0 Å². The topological polar surface area (TPSA) is 26.0 Å². The molecule has 2 atom stereocenters. The van der Waals surface area contributed by atoms with Crippen LogP contribution in [0.2, 0.25) is 0 Å². The molecular weight excluding hydrogens is 170 g/mol. The maximum absolute atomic E-state index is 6.12. The van der Waals surface area contributed by atoms with Crippen LogP contribution in [0.4, 0.5) is 0 Å². The van der Waals surface area contributed by atoms with Crippen molar-refractivity contribution < 1.29 is 0 Å². The Kier molecular flexibility index (Phi) is 8.26. The number of hydrogen-bond donors (Lipinski definition) is 1. The predicted molar refractivity (Wildman–Crippen MR) is 65.4 cm³/mol. The molecule has 2 N–H and O–H groups in total. The van der Waals surface area contributed by atoms with Crippen molar-refractivity contribution in [2.75, 3.05) is 0 Å². The summed E-state index contributed by atoms with van der Waals surface area (Å²) in [6.07, 6.45) is 7.77. The molecule has 0 rings (SSSR count). The van der Waals surface area contributed by atoms with Gasteiger partial charge in [0.25, 0.3) is 0 Å². The molecule has 1 nitrogen and oxygen atoms in total. The molecule has 2 unspecified atom stereocenters. The van der Waals surface area contributed by atoms with Crippen LogP contribution in [0.25, 0.3) is 0 Å². The lowest BCUT2D eigenvalue weighted by Gasteiger charge is -2.20. The molecule has 0 bridgehead atoms. The zero-order valence-corrected chi connectivity index (χ0v) is 10.6. The summed E-state index contributed by atoms with van der Waals surface area (Å²) in [5.74, 6) is 1.61. The highest BCUT2D eigenvalue weighted by molar-refractivity contribution is 4.69. The van der Waals surface area contributed by atoms with Gasteiger partial charge in [-0.3, -0.25) is 0 Å². The lowest BCUT2D eigenvalue weighted by molar-refractivity contribution is 0.355. The van der Waals surface area contributed by atoms with Crippen molar-refractivity contribution >= 4 is 0 Å². The second-order valence-corrected chi connectivity index (χ2v) is 5.04. The summed E-state index contributed by atoms with van der Waals surface area (Å²) in [6.45, 7) is 9.07. The second-order valence-electron chi connectivity index (χ2n) is 5.04. The van der Waals surface area contributed by atoms with E-state index in [-0.39, 0.29) is 0 Å². The second kappa shape index (κ2) is 8.28. The Labute approximate surface area is 90.5 Å². The van der Waals surface area contributed by atoms with Crippen LogP contribution in [0.3, 0.4) is 0 Å². The Morgan fingerprint density at radius 1 is 1.07 bits per heavy atom. The van der Waals surface area contributed by atoms with E-state index in [1.807, 2.05) is 0 Å². The molecule has 0 aromatic heterocycles. The van der Waals surface area contributed by atoms with Crippen molar-refractivity contribution in [2.24, 2.45) is 17.6 Å². The Morgan fingerprint density at radius 2 is 1.71 bits per heavy atom. The lowest BCUT2D eigenvalue weighted by atomic mass is 9.89. The van der Waals surface area contributed by atoms with Gasteiger partial charge in [-0.15, -0.1) is 0 Å². The molecule has 0 aromatic rings. The van der Waals surface area contributed by atoms with E-state index < -0.39 is 0 Å². The number of unbranched alkanes of at least 4 members (excludes halogenated alkanes) is 1. The van der Waals surface area contributed by atoms with E-state index in [9.17, 15) is 0 Å². The van der Waals surface area contributed by atoms with Gasteiger partial charge in [0.05, 0.1) is 0 Å². The van der Waals surface area contributed by atoms with Crippen molar-refractivity contribution in [2.45, 2.75) is 72.3 Å². The van der Waals surface area contributed by atoms with Gasteiger partial charge in [0, 0.05) is 6.04 Å². The monoisotopic (exact) mass is 199 g/mol. The SMILES string of the molecule is CCCCC(CC)CC(N)CC(C)C. The molecule has 0 radical (unpaired) electrons. The zero-order valence-electron chi connectivity index (χ0n) is 10.6. The van der Waals surface area contributed by atoms with Crippen molar-refractivity contribution in [3.05, 3.63) is 0 Å². The van der Waals surface area contributed by atoms with Gasteiger partial charge < -0.3 is 5.73 Å². The van der Waals surface area contributed by atoms with Gasteiger partial charge >= 0.3 is 0 Å². The molecule has 0 aliphatic heterocycles. The normalized spacial score (nSPS) is 15.9. The van der Waals surface area contributed by atoms with Crippen LogP contribution < -0.4 is 5.73 Å².